The molecule has 0 N–H and O–H groups in total. The molecule has 0 aromatic rings. The Balaban J connectivity index is 0. The average molecular weight is 215 g/mol. The standard InChI is InChI=1S/Ca.Cu.4O.Ti/q2*+2;4*-2;+4. The van der Waals surface area contributed by atoms with Crippen LogP contribution in [0.15, 0.2) is 0 Å². The summed E-state index contributed by atoms with van der Waals surface area (Å²) >= 11 is 0. The molecular formula is CaCuO4Ti. The second-order valence-corrected chi connectivity index (χ2v) is 0. The van der Waals surface area contributed by atoms with Gasteiger partial charge in [0.15, 0.2) is 0 Å². The molecule has 0 amide bonds. The van der Waals surface area contributed by atoms with Gasteiger partial charge < -0.3 is 21.9 Å². The minimum Gasteiger partial charge on any atom is -2.00 e. The van der Waals surface area contributed by atoms with Crippen molar-refractivity contribution < 1.29 is 60.7 Å². The molecule has 0 atom stereocenters. The Morgan fingerprint density at radius 2 is 0.571 bits per heavy atom. The van der Waals surface area contributed by atoms with E-state index in [1.54, 1.807) is 0 Å². The molecule has 0 fully saturated rings. The summed E-state index contributed by atoms with van der Waals surface area (Å²) in [6.45, 7) is 0. The molecule has 0 aliphatic rings. The van der Waals surface area contributed by atoms with Gasteiger partial charge in [0.25, 0.3) is 0 Å². The minimum atomic E-state index is 0. The second-order valence-electron chi connectivity index (χ2n) is 0. The first-order valence-corrected chi connectivity index (χ1v) is 0. The quantitative estimate of drug-likeness (QED) is 0.468. The van der Waals surface area contributed by atoms with Crippen LogP contribution in [0.1, 0.15) is 0 Å². The summed E-state index contributed by atoms with van der Waals surface area (Å²) in [6, 6.07) is 0. The van der Waals surface area contributed by atoms with E-state index in [0.29, 0.717) is 0 Å². The fourth-order valence-corrected chi connectivity index (χ4v) is 0. The van der Waals surface area contributed by atoms with E-state index >= 15 is 0 Å². The Morgan fingerprint density at radius 1 is 0.571 bits per heavy atom. The van der Waals surface area contributed by atoms with E-state index in [9.17, 15) is 0 Å². The van der Waals surface area contributed by atoms with Gasteiger partial charge in [0.2, 0.25) is 0 Å². The molecule has 0 unspecified atom stereocenters. The maximum Gasteiger partial charge on any atom is 4.00 e. The largest absolute Gasteiger partial charge is 4.00 e. The van der Waals surface area contributed by atoms with Gasteiger partial charge in [-0.3, -0.25) is 0 Å². The molecule has 7 heavy (non-hydrogen) atoms. The van der Waals surface area contributed by atoms with Gasteiger partial charge in [-0.15, -0.1) is 0 Å². The van der Waals surface area contributed by atoms with Crippen molar-refractivity contribution in [3.8, 4) is 0 Å². The summed E-state index contributed by atoms with van der Waals surface area (Å²) < 4.78 is 0. The molecule has 7 heteroatoms. The van der Waals surface area contributed by atoms with Crippen molar-refractivity contribution in [3.63, 3.8) is 0 Å². The van der Waals surface area contributed by atoms with Crippen LogP contribution in [0.3, 0.4) is 0 Å². The van der Waals surface area contributed by atoms with Crippen molar-refractivity contribution in [1.29, 1.82) is 0 Å². The van der Waals surface area contributed by atoms with Crippen molar-refractivity contribution in [2.45, 2.75) is 0 Å². The zero-order valence-electron chi connectivity index (χ0n) is 3.14. The van der Waals surface area contributed by atoms with Crippen LogP contribution in [-0.4, -0.2) is 37.7 Å². The zero-order chi connectivity index (χ0) is 0. The van der Waals surface area contributed by atoms with E-state index in [1.165, 1.54) is 0 Å². The van der Waals surface area contributed by atoms with E-state index in [0.717, 1.165) is 0 Å². The van der Waals surface area contributed by atoms with Crippen molar-refractivity contribution >= 4 is 37.7 Å². The molecule has 0 bridgehead atoms. The fourth-order valence-electron chi connectivity index (χ4n) is 0. The summed E-state index contributed by atoms with van der Waals surface area (Å²) in [4.78, 5) is 0. The third kappa shape index (κ3) is 61.4. The summed E-state index contributed by atoms with van der Waals surface area (Å²) in [5.41, 5.74) is 0. The molecule has 0 heterocycles. The summed E-state index contributed by atoms with van der Waals surface area (Å²) in [7, 11) is 0. The average Bonchev–Trinajstić information content (AvgIpc) is 0. The first-order valence-electron chi connectivity index (χ1n) is 0. The van der Waals surface area contributed by atoms with Crippen molar-refractivity contribution in [3.05, 3.63) is 0 Å². The summed E-state index contributed by atoms with van der Waals surface area (Å²) in [5, 5.41) is 0. The predicted octanol–water partition coefficient (Wildman–Crippen LogP) is -0.861. The minimum absolute atomic E-state index is 0. The van der Waals surface area contributed by atoms with Gasteiger partial charge in [-0.25, -0.2) is 0 Å². The molecule has 0 spiro atoms. The van der Waals surface area contributed by atoms with Gasteiger partial charge in [0.1, 0.15) is 0 Å². The molecular weight excluding hydrogens is 215 g/mol. The first-order chi connectivity index (χ1) is 0. The van der Waals surface area contributed by atoms with Crippen LogP contribution in [0.5, 0.6) is 0 Å². The topological polar surface area (TPSA) is 114 Å². The molecule has 0 rings (SSSR count). The van der Waals surface area contributed by atoms with Gasteiger partial charge in [-0.2, -0.15) is 0 Å². The fraction of sp³-hybridized carbons (Fsp3) is 0. The van der Waals surface area contributed by atoms with E-state index in [1.807, 2.05) is 0 Å². The van der Waals surface area contributed by atoms with Crippen LogP contribution < -0.4 is 0 Å². The maximum absolute atomic E-state index is 0. The number of rotatable bonds is 0. The van der Waals surface area contributed by atoms with E-state index in [4.69, 9.17) is 0 Å². The van der Waals surface area contributed by atoms with Crippen LogP contribution in [0, 0.1) is 0 Å². The molecule has 0 aromatic carbocycles. The zero-order valence-corrected chi connectivity index (χ0v) is 7.85. The molecule has 0 saturated carbocycles. The third-order valence-electron chi connectivity index (χ3n) is 0. The SMILES string of the molecule is [Ca+2].[Cu+2].[O-2].[O-2].[O-2].[O-2].[Ti+4]. The van der Waals surface area contributed by atoms with Crippen LogP contribution >= 0.6 is 0 Å². The number of hydrogen-bond donors (Lipinski definition) is 0. The van der Waals surface area contributed by atoms with Crippen LogP contribution in [-0.2, 0) is 60.7 Å². The molecule has 41 valence electrons. The molecule has 0 saturated heterocycles. The Morgan fingerprint density at radius 3 is 0.571 bits per heavy atom. The van der Waals surface area contributed by atoms with Crippen LogP contribution in [0.2, 0.25) is 0 Å². The van der Waals surface area contributed by atoms with E-state index in [-0.39, 0.29) is 98.4 Å². The van der Waals surface area contributed by atoms with Crippen LogP contribution in [0.4, 0.5) is 0 Å². The van der Waals surface area contributed by atoms with Gasteiger partial charge in [0.05, 0.1) is 0 Å². The Kier molecular flexibility index (Phi) is 1400. The predicted molar refractivity (Wildman–Crippen MR) is 8.50 cm³/mol. The first kappa shape index (κ1) is 119. The van der Waals surface area contributed by atoms with Crippen molar-refractivity contribution in [2.24, 2.45) is 0 Å². The van der Waals surface area contributed by atoms with Gasteiger partial charge in [0, 0.05) is 0 Å². The van der Waals surface area contributed by atoms with E-state index in [2.05, 4.69) is 0 Å². The number of hydrogen-bond acceptors (Lipinski definition) is 0. The molecule has 0 aliphatic heterocycles. The third-order valence-corrected chi connectivity index (χ3v) is 0. The maximum atomic E-state index is 0. The smallest absolute Gasteiger partial charge is 2.00 e. The Labute approximate surface area is 97.0 Å². The summed E-state index contributed by atoms with van der Waals surface area (Å²) in [5.74, 6) is 0. The van der Waals surface area contributed by atoms with Crippen molar-refractivity contribution in [1.82, 2.24) is 0 Å². The molecule has 4 nitrogen and oxygen atoms in total. The second kappa shape index (κ2) is 82.3. The summed E-state index contributed by atoms with van der Waals surface area (Å²) in [6.07, 6.45) is 0. The van der Waals surface area contributed by atoms with E-state index < -0.39 is 0 Å². The molecule has 0 aromatic heterocycles. The van der Waals surface area contributed by atoms with Gasteiger partial charge in [-0.1, -0.05) is 0 Å². The molecule has 0 aliphatic carbocycles. The van der Waals surface area contributed by atoms with Gasteiger partial charge in [-0.05, 0) is 0 Å². The van der Waals surface area contributed by atoms with Crippen LogP contribution in [0.25, 0.3) is 0 Å². The normalized spacial score (nSPS) is 0. The monoisotopic (exact) mass is 215 g/mol. The Bertz CT molecular complexity index is 11.7. The Hall–Kier alpha value is 2.33. The molecule has 1 radical (unpaired) electrons. The van der Waals surface area contributed by atoms with Crippen molar-refractivity contribution in [2.75, 3.05) is 0 Å². The van der Waals surface area contributed by atoms with Gasteiger partial charge >= 0.3 is 76.5 Å².